The second-order valence-corrected chi connectivity index (χ2v) is 4.67. The van der Waals surface area contributed by atoms with E-state index in [2.05, 4.69) is 27.1 Å². The largest absolute Gasteiger partial charge is 0.369 e. The van der Waals surface area contributed by atoms with Gasteiger partial charge in [0.15, 0.2) is 0 Å². The number of nitrogens with one attached hydrogen (secondary N) is 1. The minimum atomic E-state index is -0.227. The van der Waals surface area contributed by atoms with Crippen molar-refractivity contribution in [3.63, 3.8) is 0 Å². The number of hydrogen-bond donors (Lipinski definition) is 2. The number of carbonyl (C=O) groups excluding carboxylic acids is 1. The third-order valence-electron chi connectivity index (χ3n) is 3.44. The fraction of sp³-hybridized carbons (Fsp3) is 0.583. The molecule has 2 unspecified atom stereocenters. The van der Waals surface area contributed by atoms with Crippen LogP contribution in [0.3, 0.4) is 0 Å². The van der Waals surface area contributed by atoms with Gasteiger partial charge in [0.05, 0.1) is 5.92 Å². The summed E-state index contributed by atoms with van der Waals surface area (Å²) >= 11 is 0. The molecule has 1 aliphatic heterocycles. The second-order valence-electron chi connectivity index (χ2n) is 4.67. The van der Waals surface area contributed by atoms with Crippen LogP contribution in [0.2, 0.25) is 0 Å². The van der Waals surface area contributed by atoms with Gasteiger partial charge in [0.2, 0.25) is 11.9 Å². The molecule has 1 aliphatic rings. The molecule has 18 heavy (non-hydrogen) atoms. The lowest BCUT2D eigenvalue weighted by Gasteiger charge is -2.37. The van der Waals surface area contributed by atoms with Crippen LogP contribution in [0.15, 0.2) is 12.3 Å². The van der Waals surface area contributed by atoms with Crippen LogP contribution in [0, 0.1) is 5.92 Å². The van der Waals surface area contributed by atoms with Crippen molar-refractivity contribution < 1.29 is 4.79 Å². The van der Waals surface area contributed by atoms with Crippen LogP contribution in [0.5, 0.6) is 0 Å². The zero-order chi connectivity index (χ0) is 13.1. The highest BCUT2D eigenvalue weighted by Crippen LogP contribution is 2.26. The first-order valence-corrected chi connectivity index (χ1v) is 6.18. The Morgan fingerprint density at radius 3 is 3.00 bits per heavy atom. The Bertz CT molecular complexity index is 436. The molecule has 1 aromatic heterocycles. The van der Waals surface area contributed by atoms with E-state index in [1.165, 1.54) is 0 Å². The van der Waals surface area contributed by atoms with Crippen LogP contribution in [0.25, 0.3) is 0 Å². The van der Waals surface area contributed by atoms with Gasteiger partial charge in [-0.2, -0.15) is 4.98 Å². The fourth-order valence-corrected chi connectivity index (χ4v) is 2.29. The molecule has 2 heterocycles. The molecule has 0 radical (unpaired) electrons. The Morgan fingerprint density at radius 1 is 1.56 bits per heavy atom. The number of aromatic nitrogens is 2. The van der Waals surface area contributed by atoms with E-state index in [-0.39, 0.29) is 11.8 Å². The zero-order valence-corrected chi connectivity index (χ0v) is 10.8. The van der Waals surface area contributed by atoms with Crippen LogP contribution in [0.4, 0.5) is 11.8 Å². The number of nitrogens with zero attached hydrogens (tertiary/aromatic N) is 3. The SMILES string of the molecule is CNc1nccc(N2CC(C(N)=O)CCC2C)n1. The van der Waals surface area contributed by atoms with Crippen molar-refractivity contribution >= 4 is 17.7 Å². The Labute approximate surface area is 107 Å². The average Bonchev–Trinajstić information content (AvgIpc) is 2.39. The first-order valence-electron chi connectivity index (χ1n) is 6.18. The molecule has 0 aliphatic carbocycles. The minimum Gasteiger partial charge on any atom is -0.369 e. The van der Waals surface area contributed by atoms with E-state index in [1.807, 2.05) is 6.07 Å². The summed E-state index contributed by atoms with van der Waals surface area (Å²) in [7, 11) is 1.78. The van der Waals surface area contributed by atoms with E-state index in [1.54, 1.807) is 13.2 Å². The quantitative estimate of drug-likeness (QED) is 0.820. The Kier molecular flexibility index (Phi) is 3.64. The molecule has 0 aromatic carbocycles. The number of nitrogens with two attached hydrogens (primary N) is 1. The molecule has 2 rings (SSSR count). The first-order chi connectivity index (χ1) is 8.61. The lowest BCUT2D eigenvalue weighted by atomic mass is 9.93. The molecule has 1 aromatic rings. The normalized spacial score (nSPS) is 23.8. The number of amides is 1. The fourth-order valence-electron chi connectivity index (χ4n) is 2.29. The molecule has 2 atom stereocenters. The molecular weight excluding hydrogens is 230 g/mol. The van der Waals surface area contributed by atoms with Crippen LogP contribution >= 0.6 is 0 Å². The third kappa shape index (κ3) is 2.52. The smallest absolute Gasteiger partial charge is 0.224 e. The molecule has 98 valence electrons. The van der Waals surface area contributed by atoms with Gasteiger partial charge in [-0.3, -0.25) is 4.79 Å². The summed E-state index contributed by atoms with van der Waals surface area (Å²) in [5.41, 5.74) is 5.40. The molecule has 6 heteroatoms. The van der Waals surface area contributed by atoms with Crippen molar-refractivity contribution in [3.05, 3.63) is 12.3 Å². The number of rotatable bonds is 3. The van der Waals surface area contributed by atoms with Crippen molar-refractivity contribution in [1.82, 2.24) is 9.97 Å². The highest BCUT2D eigenvalue weighted by Gasteiger charge is 2.29. The molecule has 1 fully saturated rings. The topological polar surface area (TPSA) is 84.1 Å². The van der Waals surface area contributed by atoms with Gasteiger partial charge in [0.1, 0.15) is 5.82 Å². The number of anilines is 2. The molecule has 1 amide bonds. The van der Waals surface area contributed by atoms with Gasteiger partial charge >= 0.3 is 0 Å². The van der Waals surface area contributed by atoms with Gasteiger partial charge in [0, 0.05) is 25.8 Å². The monoisotopic (exact) mass is 249 g/mol. The average molecular weight is 249 g/mol. The van der Waals surface area contributed by atoms with Crippen LogP contribution < -0.4 is 16.0 Å². The van der Waals surface area contributed by atoms with Gasteiger partial charge in [-0.05, 0) is 25.8 Å². The number of piperidine rings is 1. The lowest BCUT2D eigenvalue weighted by Crippen LogP contribution is -2.46. The van der Waals surface area contributed by atoms with Crippen molar-refractivity contribution in [1.29, 1.82) is 0 Å². The summed E-state index contributed by atoms with van der Waals surface area (Å²) in [5, 5.41) is 2.91. The molecule has 0 saturated carbocycles. The zero-order valence-electron chi connectivity index (χ0n) is 10.8. The van der Waals surface area contributed by atoms with Crippen molar-refractivity contribution in [2.75, 3.05) is 23.8 Å². The van der Waals surface area contributed by atoms with E-state index >= 15 is 0 Å². The van der Waals surface area contributed by atoms with E-state index in [0.717, 1.165) is 18.7 Å². The standard InChI is InChI=1S/C12H19N5O/c1-8-3-4-9(11(13)18)7-17(8)10-5-6-15-12(14-2)16-10/h5-6,8-9H,3-4,7H2,1-2H3,(H2,13,18)(H,14,15,16). The van der Waals surface area contributed by atoms with Gasteiger partial charge in [-0.15, -0.1) is 0 Å². The van der Waals surface area contributed by atoms with Crippen molar-refractivity contribution in [3.8, 4) is 0 Å². The van der Waals surface area contributed by atoms with Crippen LogP contribution in [-0.2, 0) is 4.79 Å². The number of carbonyl (C=O) groups is 1. The Balaban J connectivity index is 2.21. The Morgan fingerprint density at radius 2 is 2.33 bits per heavy atom. The second kappa shape index (κ2) is 5.20. The van der Waals surface area contributed by atoms with Crippen molar-refractivity contribution in [2.45, 2.75) is 25.8 Å². The predicted octanol–water partition coefficient (Wildman–Crippen LogP) is 0.608. The first kappa shape index (κ1) is 12.6. The summed E-state index contributed by atoms with van der Waals surface area (Å²) in [5.74, 6) is 1.11. The van der Waals surface area contributed by atoms with Gasteiger partial charge in [0.25, 0.3) is 0 Å². The van der Waals surface area contributed by atoms with Gasteiger partial charge in [-0.25, -0.2) is 4.98 Å². The maximum Gasteiger partial charge on any atom is 0.224 e. The highest BCUT2D eigenvalue weighted by atomic mass is 16.1. The Hall–Kier alpha value is -1.85. The molecule has 0 spiro atoms. The molecule has 1 saturated heterocycles. The summed E-state index contributed by atoms with van der Waals surface area (Å²) in [6.07, 6.45) is 3.53. The lowest BCUT2D eigenvalue weighted by molar-refractivity contribution is -0.122. The van der Waals surface area contributed by atoms with Crippen LogP contribution in [-0.4, -0.2) is 35.5 Å². The molecule has 3 N–H and O–H groups in total. The summed E-state index contributed by atoms with van der Waals surface area (Å²) in [4.78, 5) is 21.9. The number of hydrogen-bond acceptors (Lipinski definition) is 5. The third-order valence-corrected chi connectivity index (χ3v) is 3.44. The van der Waals surface area contributed by atoms with E-state index in [9.17, 15) is 4.79 Å². The molecule has 6 nitrogen and oxygen atoms in total. The molecule has 0 bridgehead atoms. The highest BCUT2D eigenvalue weighted by molar-refractivity contribution is 5.77. The minimum absolute atomic E-state index is 0.0887. The van der Waals surface area contributed by atoms with E-state index < -0.39 is 0 Å². The summed E-state index contributed by atoms with van der Waals surface area (Å²) < 4.78 is 0. The van der Waals surface area contributed by atoms with Gasteiger partial charge in [-0.1, -0.05) is 0 Å². The van der Waals surface area contributed by atoms with Gasteiger partial charge < -0.3 is 16.0 Å². The van der Waals surface area contributed by atoms with Crippen molar-refractivity contribution in [2.24, 2.45) is 11.7 Å². The summed E-state index contributed by atoms with van der Waals surface area (Å²) in [6.45, 7) is 2.77. The number of primary amides is 1. The maximum absolute atomic E-state index is 11.3. The van der Waals surface area contributed by atoms with E-state index in [4.69, 9.17) is 5.73 Å². The predicted molar refractivity (Wildman–Crippen MR) is 70.3 cm³/mol. The van der Waals surface area contributed by atoms with Crippen LogP contribution in [0.1, 0.15) is 19.8 Å². The molecular formula is C12H19N5O. The van der Waals surface area contributed by atoms with E-state index in [0.29, 0.717) is 18.5 Å². The maximum atomic E-state index is 11.3. The summed E-state index contributed by atoms with van der Waals surface area (Å²) in [6, 6.07) is 2.22.